The van der Waals surface area contributed by atoms with Gasteiger partial charge in [0.15, 0.2) is 0 Å². The van der Waals surface area contributed by atoms with Crippen LogP contribution in [0.3, 0.4) is 0 Å². The van der Waals surface area contributed by atoms with Crippen LogP contribution in [0.2, 0.25) is 0 Å². The van der Waals surface area contributed by atoms with Gasteiger partial charge in [-0.25, -0.2) is 0 Å². The summed E-state index contributed by atoms with van der Waals surface area (Å²) in [6.07, 6.45) is 9.80. The van der Waals surface area contributed by atoms with Crippen LogP contribution < -0.4 is 32.7 Å². The van der Waals surface area contributed by atoms with Gasteiger partial charge in [-0.1, -0.05) is 74.5 Å². The smallest absolute Gasteiger partial charge is 0.245 e. The SMILES string of the molecule is CC(C)C[C@@H](NC(=O)[C@@H](Cc1ccccc1)NC(=O)[C@H](N)Cc1ccccc1)C(=O)N[C@H](CCCCN)C(=O)N1CCC(NC(=O)/C=C/c2ccoc2)CC1. The molecule has 0 radical (unpaired) electrons. The summed E-state index contributed by atoms with van der Waals surface area (Å²) >= 11 is 0. The number of piperidine rings is 1. The lowest BCUT2D eigenvalue weighted by molar-refractivity contribution is -0.139. The molecule has 0 unspecified atom stereocenters. The summed E-state index contributed by atoms with van der Waals surface area (Å²) in [6, 6.07) is 16.6. The normalized spacial score (nSPS) is 15.5. The van der Waals surface area contributed by atoms with Gasteiger partial charge in [-0.3, -0.25) is 24.0 Å². The van der Waals surface area contributed by atoms with Crippen LogP contribution in [-0.2, 0) is 36.8 Å². The highest BCUT2D eigenvalue weighted by Crippen LogP contribution is 2.16. The van der Waals surface area contributed by atoms with Gasteiger partial charge in [-0.2, -0.15) is 0 Å². The number of nitrogens with one attached hydrogen (secondary N) is 4. The van der Waals surface area contributed by atoms with Crippen LogP contribution in [0, 0.1) is 5.92 Å². The molecule has 1 aliphatic heterocycles. The van der Waals surface area contributed by atoms with Crippen molar-refractivity contribution < 1.29 is 28.4 Å². The predicted molar refractivity (Wildman–Crippen MR) is 212 cm³/mol. The maximum absolute atomic E-state index is 14.0. The number of furan rings is 1. The standard InChI is InChI=1S/C42H57N7O6/c1-29(2)25-36(48-41(53)37(27-31-13-7-4-8-14-31)47-39(51)34(44)26-30-11-5-3-6-12-30)40(52)46-35(15-9-10-21-43)42(54)49-22-18-33(19-23-49)45-38(50)17-16-32-20-24-55-28-32/h3-8,11-14,16-17,20,24,28-29,33-37H,9-10,15,18-19,21-23,25-27,43-44H2,1-2H3,(H,45,50)(H,46,52)(H,47,51)(H,48,53)/b17-16+/t34-,35-,36-,37-/m1/s1. The average Bonchev–Trinajstić information content (AvgIpc) is 3.71. The average molecular weight is 756 g/mol. The lowest BCUT2D eigenvalue weighted by atomic mass is 9.99. The summed E-state index contributed by atoms with van der Waals surface area (Å²) in [4.78, 5) is 69.4. The number of amides is 5. The fraction of sp³-hybridized carbons (Fsp3) is 0.452. The van der Waals surface area contributed by atoms with Crippen molar-refractivity contribution in [1.82, 2.24) is 26.2 Å². The van der Waals surface area contributed by atoms with Gasteiger partial charge in [-0.15, -0.1) is 0 Å². The van der Waals surface area contributed by atoms with E-state index in [9.17, 15) is 24.0 Å². The Labute approximate surface area is 324 Å². The van der Waals surface area contributed by atoms with Crippen molar-refractivity contribution in [2.24, 2.45) is 17.4 Å². The van der Waals surface area contributed by atoms with Crippen molar-refractivity contribution in [3.05, 3.63) is 102 Å². The van der Waals surface area contributed by atoms with Crippen molar-refractivity contribution in [3.8, 4) is 0 Å². The van der Waals surface area contributed by atoms with Gasteiger partial charge in [0.1, 0.15) is 18.1 Å². The number of unbranched alkanes of at least 4 members (excludes halogenated alkanes) is 1. The van der Waals surface area contributed by atoms with E-state index in [1.165, 1.54) is 12.3 Å². The minimum absolute atomic E-state index is 0.0210. The molecule has 3 aromatic rings. The summed E-state index contributed by atoms with van der Waals surface area (Å²) in [6.45, 7) is 5.16. The molecule has 13 heteroatoms. The van der Waals surface area contributed by atoms with E-state index in [1.807, 2.05) is 74.5 Å². The van der Waals surface area contributed by atoms with Crippen LogP contribution >= 0.6 is 0 Å². The van der Waals surface area contributed by atoms with Gasteiger partial charge >= 0.3 is 0 Å². The highest BCUT2D eigenvalue weighted by atomic mass is 16.3. The number of benzene rings is 2. The number of carbonyl (C=O) groups excluding carboxylic acids is 5. The van der Waals surface area contributed by atoms with Crippen molar-refractivity contribution in [3.63, 3.8) is 0 Å². The molecular formula is C42H57N7O6. The first-order chi connectivity index (χ1) is 26.5. The lowest BCUT2D eigenvalue weighted by Gasteiger charge is -2.35. The Bertz CT molecular complexity index is 1670. The van der Waals surface area contributed by atoms with Gasteiger partial charge in [0.2, 0.25) is 29.5 Å². The van der Waals surface area contributed by atoms with Crippen LogP contribution in [0.4, 0.5) is 0 Å². The number of carbonyl (C=O) groups is 5. The molecule has 0 spiro atoms. The third kappa shape index (κ3) is 14.5. The molecule has 1 fully saturated rings. The molecule has 13 nitrogen and oxygen atoms in total. The van der Waals surface area contributed by atoms with E-state index >= 15 is 0 Å². The van der Waals surface area contributed by atoms with E-state index in [4.69, 9.17) is 15.9 Å². The van der Waals surface area contributed by atoms with Gasteiger partial charge in [0.25, 0.3) is 0 Å². The van der Waals surface area contributed by atoms with Crippen molar-refractivity contribution in [1.29, 1.82) is 0 Å². The Balaban J connectivity index is 1.41. The molecule has 2 aromatic carbocycles. The second-order valence-electron chi connectivity index (χ2n) is 14.6. The van der Waals surface area contributed by atoms with Crippen LogP contribution in [0.5, 0.6) is 0 Å². The van der Waals surface area contributed by atoms with Crippen molar-refractivity contribution in [2.45, 2.75) is 95.4 Å². The van der Waals surface area contributed by atoms with Crippen LogP contribution in [0.15, 0.2) is 89.7 Å². The zero-order chi connectivity index (χ0) is 39.6. The first-order valence-corrected chi connectivity index (χ1v) is 19.3. The van der Waals surface area contributed by atoms with Gasteiger partial charge in [-0.05, 0) is 80.7 Å². The number of likely N-dealkylation sites (tertiary alicyclic amines) is 1. The first-order valence-electron chi connectivity index (χ1n) is 19.3. The van der Waals surface area contributed by atoms with Crippen LogP contribution in [0.1, 0.15) is 69.1 Å². The Kier molecular flexibility index (Phi) is 17.1. The molecule has 4 rings (SSSR count). The van der Waals surface area contributed by atoms with E-state index < -0.39 is 41.9 Å². The molecule has 1 aliphatic rings. The monoisotopic (exact) mass is 755 g/mol. The fourth-order valence-electron chi connectivity index (χ4n) is 6.55. The summed E-state index contributed by atoms with van der Waals surface area (Å²) in [5.74, 6) is -1.91. The van der Waals surface area contributed by atoms with Gasteiger partial charge < -0.3 is 42.1 Å². The molecule has 0 saturated carbocycles. The molecule has 0 aliphatic carbocycles. The van der Waals surface area contributed by atoms with E-state index in [0.717, 1.165) is 16.7 Å². The first kappa shape index (κ1) is 42.5. The molecule has 2 heterocycles. The molecule has 1 aromatic heterocycles. The fourth-order valence-corrected chi connectivity index (χ4v) is 6.55. The minimum Gasteiger partial charge on any atom is -0.472 e. The molecule has 8 N–H and O–H groups in total. The van der Waals surface area contributed by atoms with E-state index in [1.54, 1.807) is 23.3 Å². The Morgan fingerprint density at radius 1 is 0.800 bits per heavy atom. The largest absolute Gasteiger partial charge is 0.472 e. The van der Waals surface area contributed by atoms with E-state index in [2.05, 4.69) is 21.3 Å². The number of nitrogens with two attached hydrogens (primary N) is 2. The summed E-state index contributed by atoms with van der Waals surface area (Å²) in [5.41, 5.74) is 14.5. The number of nitrogens with zero attached hydrogens (tertiary/aromatic N) is 1. The highest BCUT2D eigenvalue weighted by molar-refractivity contribution is 5.95. The van der Waals surface area contributed by atoms with Gasteiger partial charge in [0.05, 0.1) is 18.6 Å². The molecule has 0 bridgehead atoms. The third-order valence-electron chi connectivity index (χ3n) is 9.58. The molecule has 296 valence electrons. The van der Waals surface area contributed by atoms with Crippen LogP contribution in [-0.4, -0.2) is 84.3 Å². The predicted octanol–water partition coefficient (Wildman–Crippen LogP) is 2.84. The zero-order valence-corrected chi connectivity index (χ0v) is 32.0. The molecule has 5 amide bonds. The second kappa shape index (κ2) is 22.2. The number of rotatable bonds is 20. The second-order valence-corrected chi connectivity index (χ2v) is 14.6. The van der Waals surface area contributed by atoms with Crippen molar-refractivity contribution in [2.75, 3.05) is 19.6 Å². The summed E-state index contributed by atoms with van der Waals surface area (Å²) < 4.78 is 5.03. The minimum atomic E-state index is -1.01. The molecule has 55 heavy (non-hydrogen) atoms. The topological polar surface area (TPSA) is 202 Å². The Morgan fingerprint density at radius 3 is 2.00 bits per heavy atom. The quantitative estimate of drug-likeness (QED) is 0.0747. The van der Waals surface area contributed by atoms with E-state index in [0.29, 0.717) is 64.6 Å². The lowest BCUT2D eigenvalue weighted by Crippen LogP contribution is -2.59. The zero-order valence-electron chi connectivity index (χ0n) is 32.0. The third-order valence-corrected chi connectivity index (χ3v) is 9.58. The number of hydrogen-bond donors (Lipinski definition) is 6. The van der Waals surface area contributed by atoms with E-state index in [-0.39, 0.29) is 30.2 Å². The highest BCUT2D eigenvalue weighted by Gasteiger charge is 2.33. The summed E-state index contributed by atoms with van der Waals surface area (Å²) in [7, 11) is 0. The maximum Gasteiger partial charge on any atom is 0.245 e. The van der Waals surface area contributed by atoms with Crippen molar-refractivity contribution >= 4 is 35.6 Å². The number of hydrogen-bond acceptors (Lipinski definition) is 8. The molecular weight excluding hydrogens is 699 g/mol. The maximum atomic E-state index is 14.0. The van der Waals surface area contributed by atoms with Gasteiger partial charge in [0, 0.05) is 37.2 Å². The Hall–Kier alpha value is -5.27. The molecule has 1 saturated heterocycles. The molecule has 4 atom stereocenters. The van der Waals surface area contributed by atoms with Crippen LogP contribution in [0.25, 0.3) is 6.08 Å². The Morgan fingerprint density at radius 2 is 1.40 bits per heavy atom. The summed E-state index contributed by atoms with van der Waals surface area (Å²) in [5, 5.41) is 11.7.